The summed E-state index contributed by atoms with van der Waals surface area (Å²) >= 11 is 1.29. The highest BCUT2D eigenvalue weighted by atomic mass is 32.2. The van der Waals surface area contributed by atoms with Gasteiger partial charge in [0, 0.05) is 37.3 Å². The average molecular weight is 573 g/mol. The zero-order valence-electron chi connectivity index (χ0n) is 22.4. The smallest absolute Gasteiger partial charge is 0.269 e. The van der Waals surface area contributed by atoms with E-state index in [-0.39, 0.29) is 24.1 Å². The van der Waals surface area contributed by atoms with Gasteiger partial charge in [0.05, 0.1) is 28.7 Å². The molecule has 0 aliphatic carbocycles. The van der Waals surface area contributed by atoms with E-state index in [1.807, 2.05) is 43.3 Å². The van der Waals surface area contributed by atoms with Crippen molar-refractivity contribution < 1.29 is 24.0 Å². The molecule has 2 aliphatic heterocycles. The summed E-state index contributed by atoms with van der Waals surface area (Å²) in [5, 5.41) is 11.4. The predicted molar refractivity (Wildman–Crippen MR) is 157 cm³/mol. The number of carbonyl (C=O) groups excluding carboxylic acids is 2. The minimum Gasteiger partial charge on any atom is -0.489 e. The molecule has 2 aliphatic rings. The number of morpholine rings is 1. The number of hydrogen-bond donors (Lipinski definition) is 0. The van der Waals surface area contributed by atoms with Crippen LogP contribution in [0.25, 0.3) is 6.08 Å². The molecule has 2 heterocycles. The zero-order chi connectivity index (χ0) is 28.8. The minimum atomic E-state index is -0.437. The lowest BCUT2D eigenvalue weighted by molar-refractivity contribution is -0.384. The molecule has 5 rings (SSSR count). The SMILES string of the molecule is CCN1C(=O)/C(=C\c2ccc(OCc3ccc([N+](=O)[O-])cc3)cc2)SC1=Nc1cccc(C(=O)N2CCOCC2)c1. The molecule has 0 radical (unpaired) electrons. The van der Waals surface area contributed by atoms with Crippen LogP contribution in [0.4, 0.5) is 11.4 Å². The Hall–Kier alpha value is -4.48. The number of rotatable bonds is 8. The highest BCUT2D eigenvalue weighted by Crippen LogP contribution is 2.34. The van der Waals surface area contributed by atoms with E-state index in [9.17, 15) is 19.7 Å². The third-order valence-corrected chi connectivity index (χ3v) is 7.56. The Balaban J connectivity index is 1.26. The molecule has 0 aromatic heterocycles. The minimum absolute atomic E-state index is 0.0349. The largest absolute Gasteiger partial charge is 0.489 e. The summed E-state index contributed by atoms with van der Waals surface area (Å²) in [5.41, 5.74) is 2.84. The van der Waals surface area contributed by atoms with Crippen molar-refractivity contribution in [3.05, 3.63) is 105 Å². The lowest BCUT2D eigenvalue weighted by Gasteiger charge is -2.26. The monoisotopic (exact) mass is 572 g/mol. The van der Waals surface area contributed by atoms with E-state index in [2.05, 4.69) is 0 Å². The van der Waals surface area contributed by atoms with E-state index >= 15 is 0 Å². The van der Waals surface area contributed by atoms with Crippen molar-refractivity contribution in [3.8, 4) is 5.75 Å². The van der Waals surface area contributed by atoms with Crippen LogP contribution in [-0.4, -0.2) is 64.6 Å². The van der Waals surface area contributed by atoms with Gasteiger partial charge in [-0.1, -0.05) is 18.2 Å². The molecule has 0 spiro atoms. The van der Waals surface area contributed by atoms with Gasteiger partial charge < -0.3 is 14.4 Å². The molecule has 41 heavy (non-hydrogen) atoms. The van der Waals surface area contributed by atoms with Gasteiger partial charge >= 0.3 is 0 Å². The number of amidine groups is 1. The first-order valence-electron chi connectivity index (χ1n) is 13.1. The third kappa shape index (κ3) is 6.82. The second-order valence-electron chi connectivity index (χ2n) is 9.29. The Labute approximate surface area is 241 Å². The number of nitro benzene ring substituents is 1. The average Bonchev–Trinajstić information content (AvgIpc) is 3.30. The maximum atomic E-state index is 13.1. The van der Waals surface area contributed by atoms with Gasteiger partial charge in [0.2, 0.25) is 0 Å². The number of benzene rings is 3. The van der Waals surface area contributed by atoms with Crippen LogP contribution in [0.3, 0.4) is 0 Å². The Morgan fingerprint density at radius 2 is 1.83 bits per heavy atom. The fourth-order valence-corrected chi connectivity index (χ4v) is 5.39. The maximum absolute atomic E-state index is 13.1. The summed E-state index contributed by atoms with van der Waals surface area (Å²) in [4.78, 5) is 45.1. The van der Waals surface area contributed by atoms with Crippen LogP contribution >= 0.6 is 11.8 Å². The first-order valence-corrected chi connectivity index (χ1v) is 14.0. The predicted octanol–water partition coefficient (Wildman–Crippen LogP) is 5.27. The van der Waals surface area contributed by atoms with Crippen molar-refractivity contribution in [3.63, 3.8) is 0 Å². The Kier molecular flexibility index (Phi) is 8.76. The van der Waals surface area contributed by atoms with Crippen molar-refractivity contribution in [2.75, 3.05) is 32.8 Å². The molecule has 11 heteroatoms. The fraction of sp³-hybridized carbons (Fsp3) is 0.233. The first kappa shape index (κ1) is 28.1. The molecule has 3 aromatic rings. The molecular weight excluding hydrogens is 544 g/mol. The molecule has 2 fully saturated rings. The van der Waals surface area contributed by atoms with Crippen LogP contribution in [0.5, 0.6) is 5.75 Å². The first-order chi connectivity index (χ1) is 19.9. The van der Waals surface area contributed by atoms with Gasteiger partial charge in [-0.15, -0.1) is 0 Å². The van der Waals surface area contributed by atoms with Crippen molar-refractivity contribution in [2.24, 2.45) is 4.99 Å². The van der Waals surface area contributed by atoms with E-state index < -0.39 is 4.92 Å². The fourth-order valence-electron chi connectivity index (χ4n) is 4.33. The second kappa shape index (κ2) is 12.8. The van der Waals surface area contributed by atoms with Crippen LogP contribution in [-0.2, 0) is 16.1 Å². The molecular formula is C30H28N4O6S. The molecule has 2 amide bonds. The molecule has 0 saturated carbocycles. The van der Waals surface area contributed by atoms with Gasteiger partial charge in [-0.2, -0.15) is 0 Å². The van der Waals surface area contributed by atoms with Gasteiger partial charge in [-0.3, -0.25) is 24.6 Å². The summed E-state index contributed by atoms with van der Waals surface area (Å²) in [6, 6.07) is 20.7. The second-order valence-corrected chi connectivity index (χ2v) is 10.3. The Morgan fingerprint density at radius 1 is 1.10 bits per heavy atom. The number of nitrogens with zero attached hydrogens (tertiary/aromatic N) is 4. The van der Waals surface area contributed by atoms with Crippen LogP contribution in [0.1, 0.15) is 28.4 Å². The number of thioether (sulfide) groups is 1. The van der Waals surface area contributed by atoms with Crippen molar-refractivity contribution >= 4 is 46.2 Å². The molecule has 2 saturated heterocycles. The number of non-ortho nitro benzene ring substituents is 1. The molecule has 210 valence electrons. The highest BCUT2D eigenvalue weighted by Gasteiger charge is 2.32. The normalized spacial score (nSPS) is 17.3. The van der Waals surface area contributed by atoms with E-state index in [0.29, 0.717) is 59.9 Å². The van der Waals surface area contributed by atoms with E-state index in [1.54, 1.807) is 40.1 Å². The lowest BCUT2D eigenvalue weighted by atomic mass is 10.1. The van der Waals surface area contributed by atoms with E-state index in [1.165, 1.54) is 23.9 Å². The number of carbonyl (C=O) groups is 2. The lowest BCUT2D eigenvalue weighted by Crippen LogP contribution is -2.40. The summed E-state index contributed by atoms with van der Waals surface area (Å²) in [6.07, 6.45) is 1.82. The number of likely N-dealkylation sites (N-methyl/N-ethyl adjacent to an activating group) is 1. The molecule has 10 nitrogen and oxygen atoms in total. The van der Waals surface area contributed by atoms with Gasteiger partial charge in [-0.05, 0) is 78.4 Å². The summed E-state index contributed by atoms with van der Waals surface area (Å²) in [6.45, 7) is 4.82. The van der Waals surface area contributed by atoms with Gasteiger partial charge in [0.1, 0.15) is 12.4 Å². The number of aliphatic imine (C=N–C) groups is 1. The number of ether oxygens (including phenoxy) is 2. The Morgan fingerprint density at radius 3 is 2.51 bits per heavy atom. The molecule has 0 bridgehead atoms. The van der Waals surface area contributed by atoms with Gasteiger partial charge in [0.15, 0.2) is 5.17 Å². The van der Waals surface area contributed by atoms with Crippen LogP contribution < -0.4 is 4.74 Å². The number of hydrogen-bond acceptors (Lipinski definition) is 8. The van der Waals surface area contributed by atoms with Crippen LogP contribution in [0, 0.1) is 10.1 Å². The number of amides is 2. The van der Waals surface area contributed by atoms with E-state index in [4.69, 9.17) is 14.5 Å². The van der Waals surface area contributed by atoms with Crippen LogP contribution in [0.2, 0.25) is 0 Å². The standard InChI is InChI=1S/C30H28N4O6S/c1-2-33-29(36)27(18-21-8-12-26(13-9-21)40-20-22-6-10-25(11-7-22)34(37)38)41-30(33)31-24-5-3-4-23(19-24)28(35)32-14-16-39-17-15-32/h3-13,18-19H,2,14-17,20H2,1H3/b27-18+,31-30?. The quantitative estimate of drug-likeness (QED) is 0.205. The summed E-state index contributed by atoms with van der Waals surface area (Å²) < 4.78 is 11.1. The van der Waals surface area contributed by atoms with Crippen molar-refractivity contribution in [1.82, 2.24) is 9.80 Å². The number of nitro groups is 1. The molecule has 0 unspecified atom stereocenters. The summed E-state index contributed by atoms with van der Waals surface area (Å²) in [7, 11) is 0. The van der Waals surface area contributed by atoms with Crippen LogP contribution in [0.15, 0.2) is 82.7 Å². The zero-order valence-corrected chi connectivity index (χ0v) is 23.2. The van der Waals surface area contributed by atoms with Gasteiger partial charge in [-0.25, -0.2) is 4.99 Å². The third-order valence-electron chi connectivity index (χ3n) is 6.55. The highest BCUT2D eigenvalue weighted by molar-refractivity contribution is 8.18. The van der Waals surface area contributed by atoms with E-state index in [0.717, 1.165) is 11.1 Å². The molecule has 0 atom stereocenters. The van der Waals surface area contributed by atoms with Crippen molar-refractivity contribution in [1.29, 1.82) is 0 Å². The maximum Gasteiger partial charge on any atom is 0.269 e. The molecule has 0 N–H and O–H groups in total. The Bertz CT molecular complexity index is 1500. The molecule has 3 aromatic carbocycles. The summed E-state index contributed by atoms with van der Waals surface area (Å²) in [5.74, 6) is 0.453. The van der Waals surface area contributed by atoms with Gasteiger partial charge in [0.25, 0.3) is 17.5 Å². The van der Waals surface area contributed by atoms with Crippen molar-refractivity contribution in [2.45, 2.75) is 13.5 Å². The topological polar surface area (TPSA) is 115 Å².